The van der Waals surface area contributed by atoms with Crippen molar-refractivity contribution in [2.45, 2.75) is 33.6 Å². The van der Waals surface area contributed by atoms with E-state index in [9.17, 15) is 0 Å². The van der Waals surface area contributed by atoms with Crippen molar-refractivity contribution in [3.05, 3.63) is 29.0 Å². The Hall–Kier alpha value is -0.600. The number of rotatable bonds is 7. The van der Waals surface area contributed by atoms with Crippen LogP contribution in [0.1, 0.15) is 32.8 Å². The lowest BCUT2D eigenvalue weighted by atomic mass is 9.97. The van der Waals surface area contributed by atoms with Crippen molar-refractivity contribution in [2.24, 2.45) is 11.8 Å². The van der Waals surface area contributed by atoms with Crippen molar-refractivity contribution < 1.29 is 0 Å². The molecule has 0 aliphatic rings. The highest BCUT2D eigenvalue weighted by atomic mass is 35.5. The van der Waals surface area contributed by atoms with Crippen molar-refractivity contribution in [3.63, 3.8) is 0 Å². The fourth-order valence-electron chi connectivity index (χ4n) is 1.82. The van der Waals surface area contributed by atoms with E-state index in [4.69, 9.17) is 11.6 Å². The van der Waals surface area contributed by atoms with Crippen LogP contribution in [0.25, 0.3) is 0 Å². The molecule has 1 N–H and O–H groups in total. The molecule has 1 heterocycles. The first-order valence-electron chi connectivity index (χ1n) is 6.42. The van der Waals surface area contributed by atoms with Crippen LogP contribution in [0, 0.1) is 11.8 Å². The Balaban J connectivity index is 2.44. The summed E-state index contributed by atoms with van der Waals surface area (Å²) in [6.45, 7) is 8.84. The molecule has 0 bridgehead atoms. The lowest BCUT2D eigenvalue weighted by Crippen LogP contribution is -2.27. The Labute approximate surface area is 110 Å². The highest BCUT2D eigenvalue weighted by molar-refractivity contribution is 6.31. The molecule has 2 nitrogen and oxygen atoms in total. The highest BCUT2D eigenvalue weighted by Crippen LogP contribution is 2.19. The van der Waals surface area contributed by atoms with Crippen molar-refractivity contribution >= 4 is 11.6 Å². The quantitative estimate of drug-likeness (QED) is 0.805. The van der Waals surface area contributed by atoms with Gasteiger partial charge in [-0.2, -0.15) is 0 Å². The van der Waals surface area contributed by atoms with Crippen molar-refractivity contribution in [3.8, 4) is 0 Å². The Bertz CT molecular complexity index is 326. The van der Waals surface area contributed by atoms with Crippen molar-refractivity contribution in [1.29, 1.82) is 0 Å². The molecule has 3 heteroatoms. The monoisotopic (exact) mass is 254 g/mol. The van der Waals surface area contributed by atoms with Gasteiger partial charge < -0.3 is 5.32 Å². The molecule has 1 rings (SSSR count). The van der Waals surface area contributed by atoms with Gasteiger partial charge in [0, 0.05) is 12.4 Å². The van der Waals surface area contributed by atoms with Crippen molar-refractivity contribution in [1.82, 2.24) is 10.3 Å². The van der Waals surface area contributed by atoms with Crippen LogP contribution in [0.15, 0.2) is 18.5 Å². The summed E-state index contributed by atoms with van der Waals surface area (Å²) in [5.74, 6) is 1.35. The summed E-state index contributed by atoms with van der Waals surface area (Å²) in [5.41, 5.74) is 1.21. The lowest BCUT2D eigenvalue weighted by Gasteiger charge is -2.17. The first kappa shape index (κ1) is 14.5. The zero-order chi connectivity index (χ0) is 12.7. The number of hydrogen-bond acceptors (Lipinski definition) is 2. The highest BCUT2D eigenvalue weighted by Gasteiger charge is 2.09. The van der Waals surface area contributed by atoms with Gasteiger partial charge in [0.05, 0.1) is 5.02 Å². The van der Waals surface area contributed by atoms with Crippen LogP contribution < -0.4 is 5.32 Å². The second-order valence-corrected chi connectivity index (χ2v) is 5.40. The molecular weight excluding hydrogens is 232 g/mol. The summed E-state index contributed by atoms with van der Waals surface area (Å²) < 4.78 is 0. The van der Waals surface area contributed by atoms with Gasteiger partial charge in [0.2, 0.25) is 0 Å². The summed E-state index contributed by atoms with van der Waals surface area (Å²) in [4.78, 5) is 4.02. The van der Waals surface area contributed by atoms with Crippen LogP contribution in [0.2, 0.25) is 5.02 Å². The van der Waals surface area contributed by atoms with Crippen LogP contribution in [-0.2, 0) is 6.42 Å². The predicted molar refractivity (Wildman–Crippen MR) is 74.4 cm³/mol. The third-order valence-corrected chi connectivity index (χ3v) is 3.27. The van der Waals surface area contributed by atoms with E-state index in [0.717, 1.165) is 24.5 Å². The number of nitrogens with zero attached hydrogens (tertiary/aromatic N) is 1. The van der Waals surface area contributed by atoms with E-state index in [1.54, 1.807) is 6.20 Å². The summed E-state index contributed by atoms with van der Waals surface area (Å²) in [6, 6.07) is 2.02. The topological polar surface area (TPSA) is 24.9 Å². The molecule has 0 saturated heterocycles. The van der Waals surface area contributed by atoms with Gasteiger partial charge in [-0.3, -0.25) is 4.98 Å². The van der Waals surface area contributed by atoms with Gasteiger partial charge in [0.15, 0.2) is 0 Å². The molecule has 0 spiro atoms. The number of hydrogen-bond donors (Lipinski definition) is 1. The van der Waals surface area contributed by atoms with E-state index in [0.29, 0.717) is 11.8 Å². The Morgan fingerprint density at radius 2 is 2.12 bits per heavy atom. The van der Waals surface area contributed by atoms with Gasteiger partial charge in [-0.05, 0) is 43.0 Å². The molecule has 1 aromatic rings. The maximum Gasteiger partial charge on any atom is 0.0621 e. The first-order chi connectivity index (χ1) is 8.13. The van der Waals surface area contributed by atoms with E-state index in [2.05, 4.69) is 31.1 Å². The molecule has 96 valence electrons. The number of halogens is 1. The molecule has 0 aromatic carbocycles. The maximum atomic E-state index is 6.13. The largest absolute Gasteiger partial charge is 0.316 e. The van der Waals surface area contributed by atoms with Gasteiger partial charge in [-0.25, -0.2) is 0 Å². The summed E-state index contributed by atoms with van der Waals surface area (Å²) >= 11 is 6.13. The number of nitrogens with one attached hydrogen (secondary N) is 1. The summed E-state index contributed by atoms with van der Waals surface area (Å²) in [6.07, 6.45) is 5.74. The Morgan fingerprint density at radius 3 is 2.71 bits per heavy atom. The lowest BCUT2D eigenvalue weighted by molar-refractivity contribution is 0.437. The first-order valence-corrected chi connectivity index (χ1v) is 6.80. The molecule has 1 unspecified atom stereocenters. The van der Waals surface area contributed by atoms with Crippen molar-refractivity contribution in [2.75, 3.05) is 13.1 Å². The standard InChI is InChI=1S/C14H23ClN2/c1-4-12(9-17-8-11(2)3)7-13-5-6-16-10-14(13)15/h5-6,10-12,17H,4,7-9H2,1-3H3. The van der Waals surface area contributed by atoms with E-state index < -0.39 is 0 Å². The van der Waals surface area contributed by atoms with Gasteiger partial charge in [-0.15, -0.1) is 0 Å². The third kappa shape index (κ3) is 5.51. The van der Waals surface area contributed by atoms with Gasteiger partial charge in [0.1, 0.15) is 0 Å². The van der Waals surface area contributed by atoms with Gasteiger partial charge in [0.25, 0.3) is 0 Å². The zero-order valence-electron chi connectivity index (χ0n) is 11.0. The summed E-state index contributed by atoms with van der Waals surface area (Å²) in [5, 5.41) is 4.30. The molecule has 0 amide bonds. The minimum Gasteiger partial charge on any atom is -0.316 e. The van der Waals surface area contributed by atoms with Crippen LogP contribution in [0.4, 0.5) is 0 Å². The number of pyridine rings is 1. The molecule has 0 fully saturated rings. The fraction of sp³-hybridized carbons (Fsp3) is 0.643. The van der Waals surface area contributed by atoms with Crippen LogP contribution in [-0.4, -0.2) is 18.1 Å². The van der Waals surface area contributed by atoms with Gasteiger partial charge in [-0.1, -0.05) is 38.8 Å². The minimum absolute atomic E-state index is 0.647. The SMILES string of the molecule is CCC(CNCC(C)C)Cc1ccncc1Cl. The molecule has 17 heavy (non-hydrogen) atoms. The molecule has 1 aromatic heterocycles. The van der Waals surface area contributed by atoms with Crippen LogP contribution in [0.3, 0.4) is 0 Å². The van der Waals surface area contributed by atoms with Gasteiger partial charge >= 0.3 is 0 Å². The third-order valence-electron chi connectivity index (χ3n) is 2.93. The average molecular weight is 255 g/mol. The average Bonchev–Trinajstić information content (AvgIpc) is 2.30. The maximum absolute atomic E-state index is 6.13. The zero-order valence-corrected chi connectivity index (χ0v) is 11.8. The summed E-state index contributed by atoms with van der Waals surface area (Å²) in [7, 11) is 0. The molecule has 0 aliphatic carbocycles. The molecule has 0 aliphatic heterocycles. The Kier molecular flexibility index (Phi) is 6.53. The van der Waals surface area contributed by atoms with E-state index in [1.165, 1.54) is 12.0 Å². The molecule has 0 radical (unpaired) electrons. The molecule has 0 saturated carbocycles. The second-order valence-electron chi connectivity index (χ2n) is 5.00. The second kappa shape index (κ2) is 7.67. The fourth-order valence-corrected chi connectivity index (χ4v) is 2.01. The van der Waals surface area contributed by atoms with E-state index >= 15 is 0 Å². The number of aromatic nitrogens is 1. The predicted octanol–water partition coefficient (Wildman–Crippen LogP) is 3.55. The van der Waals surface area contributed by atoms with E-state index in [-0.39, 0.29) is 0 Å². The van der Waals surface area contributed by atoms with Crippen LogP contribution in [0.5, 0.6) is 0 Å². The minimum atomic E-state index is 0.647. The molecular formula is C14H23ClN2. The normalized spacial score (nSPS) is 13.0. The van der Waals surface area contributed by atoms with E-state index in [1.807, 2.05) is 12.3 Å². The Morgan fingerprint density at radius 1 is 1.35 bits per heavy atom. The van der Waals surface area contributed by atoms with Crippen LogP contribution >= 0.6 is 11.6 Å². The smallest absolute Gasteiger partial charge is 0.0621 e. The molecule has 1 atom stereocenters.